The van der Waals surface area contributed by atoms with Gasteiger partial charge in [0.1, 0.15) is 0 Å². The SMILES string of the molecule is CC(C)Cc1ccc(CNCCO)cc1. The molecular weight excluding hydrogens is 186 g/mol. The highest BCUT2D eigenvalue weighted by molar-refractivity contribution is 5.22. The molecule has 0 fully saturated rings. The van der Waals surface area contributed by atoms with Crippen molar-refractivity contribution in [2.45, 2.75) is 26.8 Å². The topological polar surface area (TPSA) is 32.3 Å². The van der Waals surface area contributed by atoms with Gasteiger partial charge in [-0.3, -0.25) is 0 Å². The highest BCUT2D eigenvalue weighted by atomic mass is 16.3. The average Bonchev–Trinajstić information content (AvgIpc) is 2.20. The van der Waals surface area contributed by atoms with Crippen LogP contribution in [0.25, 0.3) is 0 Å². The van der Waals surface area contributed by atoms with E-state index in [1.807, 2.05) is 0 Å². The quantitative estimate of drug-likeness (QED) is 0.699. The van der Waals surface area contributed by atoms with Crippen LogP contribution in [0.5, 0.6) is 0 Å². The molecule has 2 heteroatoms. The number of hydrogen-bond donors (Lipinski definition) is 2. The Labute approximate surface area is 92.3 Å². The van der Waals surface area contributed by atoms with Crippen molar-refractivity contribution in [3.05, 3.63) is 35.4 Å². The second-order valence-electron chi connectivity index (χ2n) is 4.31. The molecule has 0 aliphatic rings. The van der Waals surface area contributed by atoms with E-state index in [-0.39, 0.29) is 6.61 Å². The molecule has 0 saturated carbocycles. The van der Waals surface area contributed by atoms with Gasteiger partial charge in [-0.1, -0.05) is 38.1 Å². The Balaban J connectivity index is 2.42. The van der Waals surface area contributed by atoms with E-state index in [1.165, 1.54) is 11.1 Å². The molecule has 1 aromatic rings. The van der Waals surface area contributed by atoms with Crippen LogP contribution in [0.1, 0.15) is 25.0 Å². The second kappa shape index (κ2) is 6.59. The third-order valence-corrected chi connectivity index (χ3v) is 2.28. The van der Waals surface area contributed by atoms with E-state index in [9.17, 15) is 0 Å². The maximum absolute atomic E-state index is 8.63. The summed E-state index contributed by atoms with van der Waals surface area (Å²) in [7, 11) is 0. The molecule has 0 aliphatic heterocycles. The number of hydrogen-bond acceptors (Lipinski definition) is 2. The Morgan fingerprint density at radius 2 is 1.73 bits per heavy atom. The zero-order chi connectivity index (χ0) is 11.1. The highest BCUT2D eigenvalue weighted by Crippen LogP contribution is 2.09. The van der Waals surface area contributed by atoms with Gasteiger partial charge in [-0.15, -0.1) is 0 Å². The molecule has 15 heavy (non-hydrogen) atoms. The first-order valence-corrected chi connectivity index (χ1v) is 5.61. The van der Waals surface area contributed by atoms with Crippen molar-refractivity contribution in [3.8, 4) is 0 Å². The number of nitrogens with one attached hydrogen (secondary N) is 1. The molecule has 0 unspecified atom stereocenters. The molecule has 0 bridgehead atoms. The number of aliphatic hydroxyl groups excluding tert-OH is 1. The maximum Gasteiger partial charge on any atom is 0.0556 e. The summed E-state index contributed by atoms with van der Waals surface area (Å²) in [5, 5.41) is 11.8. The number of benzene rings is 1. The Morgan fingerprint density at radius 1 is 1.13 bits per heavy atom. The molecule has 2 nitrogen and oxygen atoms in total. The smallest absolute Gasteiger partial charge is 0.0556 e. The molecule has 1 aromatic carbocycles. The van der Waals surface area contributed by atoms with E-state index < -0.39 is 0 Å². The minimum absolute atomic E-state index is 0.200. The summed E-state index contributed by atoms with van der Waals surface area (Å²) < 4.78 is 0. The van der Waals surface area contributed by atoms with Gasteiger partial charge < -0.3 is 10.4 Å². The summed E-state index contributed by atoms with van der Waals surface area (Å²) >= 11 is 0. The molecule has 0 aromatic heterocycles. The fraction of sp³-hybridized carbons (Fsp3) is 0.538. The normalized spacial score (nSPS) is 10.9. The van der Waals surface area contributed by atoms with E-state index in [1.54, 1.807) is 0 Å². The molecule has 0 amide bonds. The van der Waals surface area contributed by atoms with E-state index in [4.69, 9.17) is 5.11 Å². The lowest BCUT2D eigenvalue weighted by molar-refractivity contribution is 0.292. The Kier molecular flexibility index (Phi) is 5.37. The first kappa shape index (κ1) is 12.2. The molecule has 0 spiro atoms. The average molecular weight is 207 g/mol. The van der Waals surface area contributed by atoms with Crippen LogP contribution in [-0.4, -0.2) is 18.3 Å². The van der Waals surface area contributed by atoms with Crippen LogP contribution in [0.15, 0.2) is 24.3 Å². The van der Waals surface area contributed by atoms with Crippen molar-refractivity contribution in [1.82, 2.24) is 5.32 Å². The molecule has 0 saturated heterocycles. The number of rotatable bonds is 6. The van der Waals surface area contributed by atoms with Crippen molar-refractivity contribution < 1.29 is 5.11 Å². The molecule has 0 aliphatic carbocycles. The summed E-state index contributed by atoms with van der Waals surface area (Å²) in [6.07, 6.45) is 1.14. The van der Waals surface area contributed by atoms with Crippen molar-refractivity contribution in [3.63, 3.8) is 0 Å². The van der Waals surface area contributed by atoms with Gasteiger partial charge in [-0.25, -0.2) is 0 Å². The summed E-state index contributed by atoms with van der Waals surface area (Å²) in [5.41, 5.74) is 2.67. The molecule has 0 radical (unpaired) electrons. The predicted octanol–water partition coefficient (Wildman–Crippen LogP) is 1.97. The number of aliphatic hydroxyl groups is 1. The fourth-order valence-electron chi connectivity index (χ4n) is 1.58. The second-order valence-corrected chi connectivity index (χ2v) is 4.31. The van der Waals surface area contributed by atoms with Crippen LogP contribution >= 0.6 is 0 Å². The van der Waals surface area contributed by atoms with Gasteiger partial charge in [0.2, 0.25) is 0 Å². The zero-order valence-electron chi connectivity index (χ0n) is 9.66. The lowest BCUT2D eigenvalue weighted by atomic mass is 10.0. The third kappa shape index (κ3) is 4.96. The first-order chi connectivity index (χ1) is 7.22. The first-order valence-electron chi connectivity index (χ1n) is 5.61. The highest BCUT2D eigenvalue weighted by Gasteiger charge is 1.97. The molecule has 0 heterocycles. The van der Waals surface area contributed by atoms with E-state index in [0.29, 0.717) is 12.5 Å². The van der Waals surface area contributed by atoms with Gasteiger partial charge in [-0.2, -0.15) is 0 Å². The van der Waals surface area contributed by atoms with Crippen LogP contribution in [-0.2, 0) is 13.0 Å². The monoisotopic (exact) mass is 207 g/mol. The van der Waals surface area contributed by atoms with Crippen LogP contribution in [0.3, 0.4) is 0 Å². The molecule has 84 valence electrons. The van der Waals surface area contributed by atoms with Gasteiger partial charge in [-0.05, 0) is 23.5 Å². The van der Waals surface area contributed by atoms with Crippen LogP contribution in [0, 0.1) is 5.92 Å². The fourth-order valence-corrected chi connectivity index (χ4v) is 1.58. The lowest BCUT2D eigenvalue weighted by Gasteiger charge is -2.07. The summed E-state index contributed by atoms with van der Waals surface area (Å²) in [6, 6.07) is 8.69. The van der Waals surface area contributed by atoms with Crippen molar-refractivity contribution >= 4 is 0 Å². The van der Waals surface area contributed by atoms with Crippen LogP contribution in [0.2, 0.25) is 0 Å². The van der Waals surface area contributed by atoms with Crippen LogP contribution < -0.4 is 5.32 Å². The third-order valence-electron chi connectivity index (χ3n) is 2.28. The molecule has 2 N–H and O–H groups in total. The van der Waals surface area contributed by atoms with Crippen molar-refractivity contribution in [1.29, 1.82) is 0 Å². The van der Waals surface area contributed by atoms with Gasteiger partial charge in [0.05, 0.1) is 6.61 Å². The van der Waals surface area contributed by atoms with Crippen molar-refractivity contribution in [2.75, 3.05) is 13.2 Å². The Bertz CT molecular complexity index is 266. The largest absolute Gasteiger partial charge is 0.395 e. The summed E-state index contributed by atoms with van der Waals surface area (Å²) in [4.78, 5) is 0. The summed E-state index contributed by atoms with van der Waals surface area (Å²) in [6.45, 7) is 6.16. The minimum atomic E-state index is 0.200. The lowest BCUT2D eigenvalue weighted by Crippen LogP contribution is -2.17. The Hall–Kier alpha value is -0.860. The summed E-state index contributed by atoms with van der Waals surface area (Å²) in [5.74, 6) is 0.711. The predicted molar refractivity (Wildman–Crippen MR) is 63.8 cm³/mol. The van der Waals surface area contributed by atoms with Gasteiger partial charge >= 0.3 is 0 Å². The van der Waals surface area contributed by atoms with Gasteiger partial charge in [0.25, 0.3) is 0 Å². The minimum Gasteiger partial charge on any atom is -0.395 e. The zero-order valence-corrected chi connectivity index (χ0v) is 9.66. The standard InChI is InChI=1S/C13H21NO/c1-11(2)9-12-3-5-13(6-4-12)10-14-7-8-15/h3-6,11,14-15H,7-10H2,1-2H3. The molecular formula is C13H21NO. The Morgan fingerprint density at radius 3 is 2.27 bits per heavy atom. The van der Waals surface area contributed by atoms with E-state index in [0.717, 1.165) is 13.0 Å². The van der Waals surface area contributed by atoms with Crippen molar-refractivity contribution in [2.24, 2.45) is 5.92 Å². The van der Waals surface area contributed by atoms with Gasteiger partial charge in [0.15, 0.2) is 0 Å². The van der Waals surface area contributed by atoms with E-state index in [2.05, 4.69) is 43.4 Å². The molecule has 1 rings (SSSR count). The maximum atomic E-state index is 8.63. The van der Waals surface area contributed by atoms with Crippen LogP contribution in [0.4, 0.5) is 0 Å². The van der Waals surface area contributed by atoms with Gasteiger partial charge in [0, 0.05) is 13.1 Å². The molecule has 0 atom stereocenters. The van der Waals surface area contributed by atoms with E-state index >= 15 is 0 Å².